The fourth-order valence-corrected chi connectivity index (χ4v) is 2.50. The summed E-state index contributed by atoms with van der Waals surface area (Å²) in [5.74, 6) is 1.79. The summed E-state index contributed by atoms with van der Waals surface area (Å²) in [5, 5.41) is 10.2. The Morgan fingerprint density at radius 3 is 2.83 bits per heavy atom. The van der Waals surface area contributed by atoms with Crippen LogP contribution in [0.25, 0.3) is 12.2 Å². The Kier molecular flexibility index (Phi) is 2.18. The maximum atomic E-state index is 10.2. The van der Waals surface area contributed by atoms with E-state index in [4.69, 9.17) is 4.74 Å². The molecule has 0 bridgehead atoms. The van der Waals surface area contributed by atoms with Gasteiger partial charge < -0.3 is 9.84 Å². The third kappa shape index (κ3) is 1.65. The van der Waals surface area contributed by atoms with Crippen LogP contribution in [0.5, 0.6) is 11.5 Å². The van der Waals surface area contributed by atoms with Gasteiger partial charge in [-0.15, -0.1) is 0 Å². The van der Waals surface area contributed by atoms with Crippen molar-refractivity contribution < 1.29 is 9.84 Å². The molecule has 2 nitrogen and oxygen atoms in total. The lowest BCUT2D eigenvalue weighted by Gasteiger charge is -2.29. The number of fused-ring (bicyclic) bond motifs is 3. The highest BCUT2D eigenvalue weighted by atomic mass is 16.5. The summed E-state index contributed by atoms with van der Waals surface area (Å²) in [6.07, 6.45) is 8.76. The molecule has 18 heavy (non-hydrogen) atoms. The first-order valence-electron chi connectivity index (χ1n) is 6.09. The van der Waals surface area contributed by atoms with Gasteiger partial charge in [0.25, 0.3) is 0 Å². The van der Waals surface area contributed by atoms with Crippen molar-refractivity contribution in [1.82, 2.24) is 0 Å². The molecule has 0 spiro atoms. The normalized spacial score (nSPS) is 19.1. The van der Waals surface area contributed by atoms with Crippen molar-refractivity contribution in [2.75, 3.05) is 0 Å². The van der Waals surface area contributed by atoms with Crippen LogP contribution in [0.3, 0.4) is 0 Å². The number of rotatable bonds is 0. The van der Waals surface area contributed by atoms with Crippen molar-refractivity contribution in [3.63, 3.8) is 0 Å². The van der Waals surface area contributed by atoms with Crippen molar-refractivity contribution in [1.29, 1.82) is 0 Å². The van der Waals surface area contributed by atoms with Crippen LogP contribution < -0.4 is 4.74 Å². The molecule has 0 atom stereocenters. The molecule has 3 rings (SSSR count). The molecule has 1 heterocycles. The van der Waals surface area contributed by atoms with Gasteiger partial charge in [-0.1, -0.05) is 32.6 Å². The monoisotopic (exact) mass is 240 g/mol. The molecule has 0 saturated heterocycles. The summed E-state index contributed by atoms with van der Waals surface area (Å²) >= 11 is 0. The lowest BCUT2D eigenvalue weighted by Crippen LogP contribution is -2.17. The predicted octanol–water partition coefficient (Wildman–Crippen LogP) is 3.91. The van der Waals surface area contributed by atoms with Gasteiger partial charge in [-0.05, 0) is 30.1 Å². The number of hydrogen-bond donors (Lipinski definition) is 1. The fourth-order valence-electron chi connectivity index (χ4n) is 2.50. The first kappa shape index (κ1) is 11.1. The minimum absolute atomic E-state index is 0.0697. The Morgan fingerprint density at radius 2 is 2.06 bits per heavy atom. The number of allylic oxidation sites excluding steroid dienone is 2. The summed E-state index contributed by atoms with van der Waals surface area (Å²) in [4.78, 5) is 0. The molecule has 0 saturated carbocycles. The molecule has 1 aliphatic carbocycles. The Labute approximate surface area is 107 Å². The molecular formula is C16H16O2. The molecule has 2 aliphatic rings. The Hall–Kier alpha value is -1.96. The SMILES string of the molecule is C=C1C=Cc2cc(O)c3c(c2O1)C=CC(C)(C)C3. The zero-order valence-electron chi connectivity index (χ0n) is 10.7. The van der Waals surface area contributed by atoms with E-state index in [-0.39, 0.29) is 5.41 Å². The zero-order valence-corrected chi connectivity index (χ0v) is 10.7. The third-order valence-corrected chi connectivity index (χ3v) is 3.45. The van der Waals surface area contributed by atoms with Crippen LogP contribution in [0.1, 0.15) is 30.5 Å². The summed E-state index contributed by atoms with van der Waals surface area (Å²) in [5.41, 5.74) is 2.92. The van der Waals surface area contributed by atoms with Crippen LogP contribution in [0, 0.1) is 5.41 Å². The lowest BCUT2D eigenvalue weighted by atomic mass is 9.78. The van der Waals surface area contributed by atoms with E-state index in [0.717, 1.165) is 28.9 Å². The Balaban J connectivity index is 2.24. The van der Waals surface area contributed by atoms with E-state index < -0.39 is 0 Å². The molecule has 2 heteroatoms. The number of ether oxygens (including phenoxy) is 1. The number of hydrogen-bond acceptors (Lipinski definition) is 2. The predicted molar refractivity (Wildman–Crippen MR) is 73.4 cm³/mol. The largest absolute Gasteiger partial charge is 0.508 e. The molecule has 1 N–H and O–H groups in total. The average molecular weight is 240 g/mol. The van der Waals surface area contributed by atoms with E-state index in [1.165, 1.54) is 0 Å². The van der Waals surface area contributed by atoms with E-state index in [1.54, 1.807) is 6.07 Å². The molecule has 92 valence electrons. The minimum atomic E-state index is 0.0697. The van der Waals surface area contributed by atoms with Gasteiger partial charge in [0.2, 0.25) is 0 Å². The number of phenols is 1. The second-order valence-electron chi connectivity index (χ2n) is 5.61. The van der Waals surface area contributed by atoms with Crippen molar-refractivity contribution in [2.24, 2.45) is 5.41 Å². The highest BCUT2D eigenvalue weighted by molar-refractivity contribution is 5.76. The molecule has 0 aromatic heterocycles. The third-order valence-electron chi connectivity index (χ3n) is 3.45. The van der Waals surface area contributed by atoms with E-state index in [1.807, 2.05) is 18.2 Å². The molecule has 1 aliphatic heterocycles. The van der Waals surface area contributed by atoms with Gasteiger partial charge in [-0.2, -0.15) is 0 Å². The van der Waals surface area contributed by atoms with E-state index in [2.05, 4.69) is 26.5 Å². The summed E-state index contributed by atoms with van der Waals surface area (Å²) < 4.78 is 5.71. The quantitative estimate of drug-likeness (QED) is 0.745. The van der Waals surface area contributed by atoms with E-state index >= 15 is 0 Å². The van der Waals surface area contributed by atoms with Crippen molar-refractivity contribution >= 4 is 12.2 Å². The highest BCUT2D eigenvalue weighted by Gasteiger charge is 2.27. The van der Waals surface area contributed by atoms with Gasteiger partial charge in [0.1, 0.15) is 17.3 Å². The highest BCUT2D eigenvalue weighted by Crippen LogP contribution is 2.44. The van der Waals surface area contributed by atoms with Gasteiger partial charge in [-0.25, -0.2) is 0 Å². The van der Waals surface area contributed by atoms with Crippen molar-refractivity contribution in [2.45, 2.75) is 20.3 Å². The topological polar surface area (TPSA) is 29.5 Å². The maximum Gasteiger partial charge on any atom is 0.142 e. The van der Waals surface area contributed by atoms with Gasteiger partial charge in [0.15, 0.2) is 0 Å². The average Bonchev–Trinajstić information content (AvgIpc) is 2.29. The number of aromatic hydroxyl groups is 1. The van der Waals surface area contributed by atoms with Crippen LogP contribution in [0.2, 0.25) is 0 Å². The van der Waals surface area contributed by atoms with E-state index in [9.17, 15) is 5.11 Å². The first-order valence-corrected chi connectivity index (χ1v) is 6.09. The van der Waals surface area contributed by atoms with Crippen LogP contribution in [-0.4, -0.2) is 5.11 Å². The van der Waals surface area contributed by atoms with Crippen LogP contribution in [-0.2, 0) is 6.42 Å². The van der Waals surface area contributed by atoms with Gasteiger partial charge >= 0.3 is 0 Å². The van der Waals surface area contributed by atoms with Crippen LogP contribution in [0.4, 0.5) is 0 Å². The van der Waals surface area contributed by atoms with Crippen LogP contribution in [0.15, 0.2) is 30.6 Å². The maximum absolute atomic E-state index is 10.2. The second-order valence-corrected chi connectivity index (χ2v) is 5.61. The molecule has 1 aromatic carbocycles. The smallest absolute Gasteiger partial charge is 0.142 e. The first-order chi connectivity index (χ1) is 8.46. The molecular weight excluding hydrogens is 224 g/mol. The lowest BCUT2D eigenvalue weighted by molar-refractivity contribution is 0.415. The molecule has 0 amide bonds. The van der Waals surface area contributed by atoms with Gasteiger partial charge in [-0.3, -0.25) is 0 Å². The van der Waals surface area contributed by atoms with E-state index in [0.29, 0.717) is 11.5 Å². The summed E-state index contributed by atoms with van der Waals surface area (Å²) in [7, 11) is 0. The molecule has 0 unspecified atom stereocenters. The Morgan fingerprint density at radius 1 is 1.28 bits per heavy atom. The van der Waals surface area contributed by atoms with Gasteiger partial charge in [0.05, 0.1) is 0 Å². The van der Waals surface area contributed by atoms with Crippen molar-refractivity contribution in [3.8, 4) is 11.5 Å². The zero-order chi connectivity index (χ0) is 12.9. The molecule has 1 aromatic rings. The minimum Gasteiger partial charge on any atom is -0.508 e. The standard InChI is InChI=1S/C16H16O2/c1-10-4-5-11-8-14(17)13-9-16(2,3)7-6-12(13)15(11)18-10/h4-8,17H,1,9H2,2-3H3. The number of phenolic OH excluding ortho intramolecular Hbond substituents is 1. The van der Waals surface area contributed by atoms with Crippen LogP contribution >= 0.6 is 0 Å². The summed E-state index contributed by atoms with van der Waals surface area (Å²) in [6.45, 7) is 8.13. The Bertz CT molecular complexity index is 604. The van der Waals surface area contributed by atoms with Gasteiger partial charge in [0, 0.05) is 16.7 Å². The number of benzene rings is 1. The molecule has 0 fully saturated rings. The second kappa shape index (κ2) is 3.52. The molecule has 0 radical (unpaired) electrons. The summed E-state index contributed by atoms with van der Waals surface area (Å²) in [6, 6.07) is 1.77. The van der Waals surface area contributed by atoms with Crippen molar-refractivity contribution in [3.05, 3.63) is 47.2 Å². The fraction of sp³-hybridized carbons (Fsp3) is 0.250.